The number of alkyl halides is 3. The molecule has 0 bridgehead atoms. The first-order valence-electron chi connectivity index (χ1n) is 5.26. The second kappa shape index (κ2) is 4.73. The molecule has 0 fully saturated rings. The lowest BCUT2D eigenvalue weighted by Gasteiger charge is -2.12. The Morgan fingerprint density at radius 3 is 2.05 bits per heavy atom. The zero-order valence-electron chi connectivity index (χ0n) is 9.60. The van der Waals surface area contributed by atoms with Crippen LogP contribution in [0.3, 0.4) is 0 Å². The first-order valence-corrected chi connectivity index (χ1v) is 5.26. The summed E-state index contributed by atoms with van der Waals surface area (Å²) < 4.78 is 77.3. The van der Waals surface area contributed by atoms with Crippen LogP contribution in [0.25, 0.3) is 11.1 Å². The molecule has 0 aromatic heterocycles. The number of halogens is 6. The van der Waals surface area contributed by atoms with Crippen molar-refractivity contribution in [1.29, 1.82) is 0 Å². The van der Waals surface area contributed by atoms with Crippen molar-refractivity contribution in [2.75, 3.05) is 0 Å². The first kappa shape index (κ1) is 14.2. The zero-order chi connectivity index (χ0) is 15.1. The van der Waals surface area contributed by atoms with E-state index in [0.29, 0.717) is 12.1 Å². The van der Waals surface area contributed by atoms with E-state index in [1.54, 1.807) is 0 Å². The van der Waals surface area contributed by atoms with Crippen LogP contribution in [0.15, 0.2) is 30.3 Å². The number of hydrogen-bond acceptors (Lipinski definition) is 1. The molecule has 2 aromatic rings. The molecule has 0 aliphatic carbocycles. The minimum absolute atomic E-state index is 0.356. The molecule has 0 aliphatic rings. The maximum absolute atomic E-state index is 13.5. The number of phenols is 1. The molecule has 106 valence electrons. The van der Waals surface area contributed by atoms with Crippen LogP contribution in [-0.4, -0.2) is 5.11 Å². The number of aromatic hydroxyl groups is 1. The van der Waals surface area contributed by atoms with Gasteiger partial charge in [-0.15, -0.1) is 0 Å². The van der Waals surface area contributed by atoms with E-state index >= 15 is 0 Å². The Hall–Kier alpha value is -2.18. The highest BCUT2D eigenvalue weighted by atomic mass is 19.4. The topological polar surface area (TPSA) is 20.2 Å². The average Bonchev–Trinajstić information content (AvgIpc) is 2.35. The van der Waals surface area contributed by atoms with E-state index in [0.717, 1.165) is 18.2 Å². The molecule has 0 aliphatic heterocycles. The van der Waals surface area contributed by atoms with Crippen molar-refractivity contribution in [3.63, 3.8) is 0 Å². The third-order valence-electron chi connectivity index (χ3n) is 2.66. The molecule has 7 heteroatoms. The summed E-state index contributed by atoms with van der Waals surface area (Å²) >= 11 is 0. The van der Waals surface area contributed by atoms with Crippen molar-refractivity contribution in [2.24, 2.45) is 0 Å². The fourth-order valence-corrected chi connectivity index (χ4v) is 1.71. The molecule has 0 amide bonds. The van der Waals surface area contributed by atoms with Crippen molar-refractivity contribution in [1.82, 2.24) is 0 Å². The molecule has 2 aromatic carbocycles. The number of benzene rings is 2. The number of hydrogen-bond donors (Lipinski definition) is 1. The summed E-state index contributed by atoms with van der Waals surface area (Å²) in [6, 6.07) is 3.92. The quantitative estimate of drug-likeness (QED) is 0.767. The Labute approximate surface area is 109 Å². The van der Waals surface area contributed by atoms with E-state index in [9.17, 15) is 31.4 Å². The molecule has 0 unspecified atom stereocenters. The minimum Gasteiger partial charge on any atom is -0.504 e. The predicted octanol–water partition coefficient (Wildman–Crippen LogP) is 4.50. The van der Waals surface area contributed by atoms with E-state index < -0.39 is 46.1 Å². The molecule has 2 rings (SSSR count). The van der Waals surface area contributed by atoms with Gasteiger partial charge in [-0.3, -0.25) is 0 Å². The minimum atomic E-state index is -5.00. The van der Waals surface area contributed by atoms with Crippen LogP contribution in [-0.2, 0) is 6.18 Å². The summed E-state index contributed by atoms with van der Waals surface area (Å²) in [4.78, 5) is 0. The standard InChI is InChI=1S/C13H6F6O/c14-9-3-1-2-6(10(9)15)7-4-5-8(13(17,18)19)11(16)12(7)20/h1-5,20H. The second-order valence-electron chi connectivity index (χ2n) is 3.92. The molecule has 0 spiro atoms. The lowest BCUT2D eigenvalue weighted by Crippen LogP contribution is -2.08. The smallest absolute Gasteiger partial charge is 0.419 e. The molecule has 0 saturated heterocycles. The van der Waals surface area contributed by atoms with Gasteiger partial charge in [0.05, 0.1) is 5.56 Å². The fraction of sp³-hybridized carbons (Fsp3) is 0.0769. The second-order valence-corrected chi connectivity index (χ2v) is 3.92. The van der Waals surface area contributed by atoms with E-state index in [2.05, 4.69) is 0 Å². The fourth-order valence-electron chi connectivity index (χ4n) is 1.71. The molecule has 0 atom stereocenters. The largest absolute Gasteiger partial charge is 0.504 e. The van der Waals surface area contributed by atoms with Gasteiger partial charge in [0.15, 0.2) is 23.2 Å². The average molecular weight is 292 g/mol. The molecule has 0 saturated carbocycles. The number of phenolic OH excluding ortho intramolecular Hbond substituents is 1. The molecule has 1 nitrogen and oxygen atoms in total. The van der Waals surface area contributed by atoms with Gasteiger partial charge in [-0.1, -0.05) is 12.1 Å². The Bertz CT molecular complexity index is 663. The maximum Gasteiger partial charge on any atom is 0.419 e. The van der Waals surface area contributed by atoms with Crippen LogP contribution < -0.4 is 0 Å². The van der Waals surface area contributed by atoms with Gasteiger partial charge in [-0.25, -0.2) is 13.2 Å². The highest BCUT2D eigenvalue weighted by Crippen LogP contribution is 2.40. The molecular weight excluding hydrogens is 286 g/mol. The summed E-state index contributed by atoms with van der Waals surface area (Å²) in [7, 11) is 0. The Morgan fingerprint density at radius 2 is 1.45 bits per heavy atom. The van der Waals surface area contributed by atoms with Gasteiger partial charge in [0.25, 0.3) is 0 Å². The molecule has 20 heavy (non-hydrogen) atoms. The first-order chi connectivity index (χ1) is 9.23. The van der Waals surface area contributed by atoms with Crippen molar-refractivity contribution in [3.05, 3.63) is 53.3 Å². The van der Waals surface area contributed by atoms with Crippen LogP contribution in [0.5, 0.6) is 5.75 Å². The summed E-state index contributed by atoms with van der Waals surface area (Å²) in [5.74, 6) is -5.97. The SMILES string of the molecule is Oc1c(-c2cccc(F)c2F)ccc(C(F)(F)F)c1F. The third kappa shape index (κ3) is 2.31. The van der Waals surface area contributed by atoms with Gasteiger partial charge in [-0.05, 0) is 18.2 Å². The van der Waals surface area contributed by atoms with E-state index in [1.807, 2.05) is 0 Å². The van der Waals surface area contributed by atoms with Crippen molar-refractivity contribution in [2.45, 2.75) is 6.18 Å². The van der Waals surface area contributed by atoms with Crippen LogP contribution in [0.2, 0.25) is 0 Å². The van der Waals surface area contributed by atoms with Gasteiger partial charge in [0, 0.05) is 11.1 Å². The number of rotatable bonds is 1. The highest BCUT2D eigenvalue weighted by molar-refractivity contribution is 5.71. The van der Waals surface area contributed by atoms with Crippen molar-refractivity contribution >= 4 is 0 Å². The highest BCUT2D eigenvalue weighted by Gasteiger charge is 2.36. The van der Waals surface area contributed by atoms with Crippen LogP contribution in [0.1, 0.15) is 5.56 Å². The van der Waals surface area contributed by atoms with E-state index in [4.69, 9.17) is 0 Å². The predicted molar refractivity (Wildman–Crippen MR) is 58.4 cm³/mol. The van der Waals surface area contributed by atoms with Gasteiger partial charge >= 0.3 is 6.18 Å². The molecule has 0 heterocycles. The summed E-state index contributed by atoms with van der Waals surface area (Å²) in [5.41, 5.74) is -2.78. The zero-order valence-corrected chi connectivity index (χ0v) is 9.60. The lowest BCUT2D eigenvalue weighted by molar-refractivity contribution is -0.140. The Kier molecular flexibility index (Phi) is 3.37. The molecule has 1 N–H and O–H groups in total. The van der Waals surface area contributed by atoms with Gasteiger partial charge < -0.3 is 5.11 Å². The van der Waals surface area contributed by atoms with E-state index in [1.165, 1.54) is 0 Å². The maximum atomic E-state index is 13.5. The van der Waals surface area contributed by atoms with E-state index in [-0.39, 0.29) is 0 Å². The van der Waals surface area contributed by atoms with Crippen molar-refractivity contribution in [3.8, 4) is 16.9 Å². The van der Waals surface area contributed by atoms with Crippen molar-refractivity contribution < 1.29 is 31.4 Å². The summed E-state index contributed by atoms with van der Waals surface area (Å²) in [6.07, 6.45) is -5.00. The monoisotopic (exact) mass is 292 g/mol. The van der Waals surface area contributed by atoms with Gasteiger partial charge in [-0.2, -0.15) is 13.2 Å². The summed E-state index contributed by atoms with van der Waals surface area (Å²) in [5, 5.41) is 9.45. The Balaban J connectivity index is 2.66. The summed E-state index contributed by atoms with van der Waals surface area (Å²) in [6.45, 7) is 0. The molecular formula is C13H6F6O. The Morgan fingerprint density at radius 1 is 0.800 bits per heavy atom. The normalized spacial score (nSPS) is 11.7. The third-order valence-corrected chi connectivity index (χ3v) is 2.66. The van der Waals surface area contributed by atoms with Crippen LogP contribution in [0.4, 0.5) is 26.3 Å². The van der Waals surface area contributed by atoms with Gasteiger partial charge in [0.1, 0.15) is 0 Å². The lowest BCUT2D eigenvalue weighted by atomic mass is 10.0. The van der Waals surface area contributed by atoms with Gasteiger partial charge in [0.2, 0.25) is 0 Å². The van der Waals surface area contributed by atoms with Crippen LogP contribution >= 0.6 is 0 Å². The van der Waals surface area contributed by atoms with Crippen LogP contribution in [0, 0.1) is 17.5 Å². The molecule has 0 radical (unpaired) electrons.